The zero-order valence-corrected chi connectivity index (χ0v) is 8.75. The van der Waals surface area contributed by atoms with Crippen LogP contribution in [0.1, 0.15) is 13.8 Å². The summed E-state index contributed by atoms with van der Waals surface area (Å²) in [5.41, 5.74) is 0.970. The van der Waals surface area contributed by atoms with Crippen molar-refractivity contribution in [2.24, 2.45) is 0 Å². The number of rotatable bonds is 4. The zero-order valence-electron chi connectivity index (χ0n) is 7.85. The standard InChI is InChI=1S/C8H13NO3S/c1-4-8(6-10)5-7(2)9(3)13(11)12/h4-6,13H,1-3H3/b7-5+,8-4+. The van der Waals surface area contributed by atoms with Crippen LogP contribution in [0.25, 0.3) is 0 Å². The molecule has 0 fully saturated rings. The van der Waals surface area contributed by atoms with E-state index in [1.54, 1.807) is 19.9 Å². The fourth-order valence-electron chi connectivity index (χ4n) is 0.649. The lowest BCUT2D eigenvalue weighted by molar-refractivity contribution is -0.104. The number of aldehydes is 1. The Morgan fingerprint density at radius 2 is 1.92 bits per heavy atom. The van der Waals surface area contributed by atoms with Crippen LogP contribution < -0.4 is 0 Å². The first-order chi connectivity index (χ1) is 6.02. The minimum Gasteiger partial charge on any atom is -0.298 e. The van der Waals surface area contributed by atoms with Crippen LogP contribution in [0.5, 0.6) is 0 Å². The third-order valence-corrected chi connectivity index (χ3v) is 2.41. The predicted octanol–water partition coefficient (Wildman–Crippen LogP) is 0.494. The molecule has 0 aromatic heterocycles. The molecule has 0 aliphatic rings. The third-order valence-electron chi connectivity index (χ3n) is 1.60. The summed E-state index contributed by atoms with van der Waals surface area (Å²) >= 11 is 0. The SMILES string of the molecule is C/C=C(C=O)\C=C(/C)N(C)[SH](=O)=O. The van der Waals surface area contributed by atoms with Crippen molar-refractivity contribution < 1.29 is 13.2 Å². The number of hydrogen-bond donors (Lipinski definition) is 1. The molecule has 0 atom stereocenters. The molecule has 4 nitrogen and oxygen atoms in total. The van der Waals surface area contributed by atoms with E-state index in [2.05, 4.69) is 0 Å². The monoisotopic (exact) mass is 203 g/mol. The highest BCUT2D eigenvalue weighted by Crippen LogP contribution is 2.04. The molecule has 0 unspecified atom stereocenters. The van der Waals surface area contributed by atoms with Gasteiger partial charge in [-0.1, -0.05) is 6.08 Å². The van der Waals surface area contributed by atoms with Gasteiger partial charge in [0.2, 0.25) is 10.9 Å². The van der Waals surface area contributed by atoms with Crippen LogP contribution in [-0.2, 0) is 15.7 Å². The lowest BCUT2D eigenvalue weighted by Crippen LogP contribution is -2.13. The van der Waals surface area contributed by atoms with E-state index in [1.807, 2.05) is 0 Å². The Bertz CT molecular complexity index is 307. The summed E-state index contributed by atoms with van der Waals surface area (Å²) in [6.45, 7) is 3.34. The van der Waals surface area contributed by atoms with E-state index in [0.717, 1.165) is 4.31 Å². The van der Waals surface area contributed by atoms with Crippen molar-refractivity contribution >= 4 is 17.2 Å². The van der Waals surface area contributed by atoms with Crippen molar-refractivity contribution in [2.75, 3.05) is 7.05 Å². The second kappa shape index (κ2) is 5.53. The van der Waals surface area contributed by atoms with Crippen LogP contribution in [0.15, 0.2) is 23.4 Å². The van der Waals surface area contributed by atoms with Gasteiger partial charge in [0.15, 0.2) is 0 Å². The normalized spacial score (nSPS) is 13.2. The van der Waals surface area contributed by atoms with Gasteiger partial charge in [0, 0.05) is 18.3 Å². The summed E-state index contributed by atoms with van der Waals surface area (Å²) < 4.78 is 22.1. The molecule has 5 heteroatoms. The van der Waals surface area contributed by atoms with Crippen LogP contribution in [0, 0.1) is 0 Å². The Kier molecular flexibility index (Phi) is 5.06. The van der Waals surface area contributed by atoms with Crippen LogP contribution in [-0.4, -0.2) is 26.1 Å². The largest absolute Gasteiger partial charge is 0.298 e. The maximum Gasteiger partial charge on any atom is 0.224 e. The van der Waals surface area contributed by atoms with E-state index in [4.69, 9.17) is 0 Å². The number of carbonyl (C=O) groups is 1. The predicted molar refractivity (Wildman–Crippen MR) is 51.7 cm³/mol. The van der Waals surface area contributed by atoms with E-state index < -0.39 is 10.9 Å². The molecule has 0 heterocycles. The van der Waals surface area contributed by atoms with Gasteiger partial charge < -0.3 is 0 Å². The molecule has 0 rings (SSSR count). The maximum atomic E-state index is 10.5. The van der Waals surface area contributed by atoms with Gasteiger partial charge in [0.25, 0.3) is 0 Å². The number of nitrogens with zero attached hydrogens (tertiary/aromatic N) is 1. The summed E-state index contributed by atoms with van der Waals surface area (Å²) in [4.78, 5) is 10.4. The van der Waals surface area contributed by atoms with Crippen LogP contribution in [0.3, 0.4) is 0 Å². The van der Waals surface area contributed by atoms with E-state index in [1.165, 1.54) is 13.1 Å². The Morgan fingerprint density at radius 1 is 1.38 bits per heavy atom. The number of carbonyl (C=O) groups excluding carboxylic acids is 1. The van der Waals surface area contributed by atoms with Crippen LogP contribution >= 0.6 is 0 Å². The lowest BCUT2D eigenvalue weighted by Gasteiger charge is -2.10. The molecule has 0 spiro atoms. The molecule has 0 amide bonds. The maximum absolute atomic E-state index is 10.5. The molecule has 0 aliphatic heterocycles. The first-order valence-corrected chi connectivity index (χ1v) is 4.83. The average molecular weight is 203 g/mol. The first kappa shape index (κ1) is 11.9. The Hall–Kier alpha value is -1.10. The summed E-state index contributed by atoms with van der Waals surface area (Å²) in [6, 6.07) is 0. The zero-order chi connectivity index (χ0) is 10.4. The highest BCUT2D eigenvalue weighted by atomic mass is 32.2. The van der Waals surface area contributed by atoms with Gasteiger partial charge in [-0.3, -0.25) is 9.10 Å². The van der Waals surface area contributed by atoms with Crippen molar-refractivity contribution in [3.05, 3.63) is 23.4 Å². The lowest BCUT2D eigenvalue weighted by atomic mass is 10.2. The minimum atomic E-state index is -2.62. The Morgan fingerprint density at radius 3 is 2.23 bits per heavy atom. The summed E-state index contributed by atoms with van der Waals surface area (Å²) in [6.07, 6.45) is 3.80. The Balaban J connectivity index is 4.76. The summed E-state index contributed by atoms with van der Waals surface area (Å²) in [5, 5.41) is 0. The number of allylic oxidation sites excluding steroid dienone is 4. The number of hydrogen-bond acceptors (Lipinski definition) is 3. The van der Waals surface area contributed by atoms with Gasteiger partial charge in [0.1, 0.15) is 6.29 Å². The molecular formula is C8H13NO3S. The van der Waals surface area contributed by atoms with E-state index in [-0.39, 0.29) is 0 Å². The molecule has 13 heavy (non-hydrogen) atoms. The molecule has 74 valence electrons. The summed E-state index contributed by atoms with van der Waals surface area (Å²) in [7, 11) is -1.19. The van der Waals surface area contributed by atoms with Gasteiger partial charge in [-0.05, 0) is 19.9 Å². The van der Waals surface area contributed by atoms with Gasteiger partial charge in [-0.15, -0.1) is 0 Å². The molecule has 0 radical (unpaired) electrons. The first-order valence-electron chi connectivity index (χ1n) is 3.70. The van der Waals surface area contributed by atoms with Crippen molar-refractivity contribution in [1.29, 1.82) is 0 Å². The molecule has 0 saturated heterocycles. The van der Waals surface area contributed by atoms with Crippen molar-refractivity contribution in [3.63, 3.8) is 0 Å². The molecular weight excluding hydrogens is 190 g/mol. The average Bonchev–Trinajstić information content (AvgIpc) is 2.12. The van der Waals surface area contributed by atoms with Gasteiger partial charge in [-0.2, -0.15) is 0 Å². The van der Waals surface area contributed by atoms with E-state index >= 15 is 0 Å². The molecule has 0 bridgehead atoms. The fourth-order valence-corrected chi connectivity index (χ4v) is 0.964. The van der Waals surface area contributed by atoms with Crippen molar-refractivity contribution in [2.45, 2.75) is 13.8 Å². The van der Waals surface area contributed by atoms with Gasteiger partial charge >= 0.3 is 0 Å². The quantitative estimate of drug-likeness (QED) is 0.313. The van der Waals surface area contributed by atoms with Gasteiger partial charge in [0.05, 0.1) is 0 Å². The minimum absolute atomic E-state index is 0.459. The Labute approximate surface area is 79.6 Å². The summed E-state index contributed by atoms with van der Waals surface area (Å²) in [5.74, 6) is 0. The molecule has 0 N–H and O–H groups in total. The third kappa shape index (κ3) is 3.89. The number of thiol groups is 1. The molecule has 0 saturated carbocycles. The smallest absolute Gasteiger partial charge is 0.224 e. The van der Waals surface area contributed by atoms with Crippen molar-refractivity contribution in [3.8, 4) is 0 Å². The van der Waals surface area contributed by atoms with Gasteiger partial charge in [-0.25, -0.2) is 8.42 Å². The van der Waals surface area contributed by atoms with E-state index in [0.29, 0.717) is 17.6 Å². The highest BCUT2D eigenvalue weighted by Gasteiger charge is 2.00. The molecule has 0 aromatic carbocycles. The second-order valence-corrected chi connectivity index (χ2v) is 3.53. The molecule has 0 aliphatic carbocycles. The second-order valence-electron chi connectivity index (χ2n) is 2.45. The van der Waals surface area contributed by atoms with E-state index in [9.17, 15) is 13.2 Å². The van der Waals surface area contributed by atoms with Crippen molar-refractivity contribution in [1.82, 2.24) is 4.31 Å². The highest BCUT2D eigenvalue weighted by molar-refractivity contribution is 7.70. The van der Waals surface area contributed by atoms with Crippen LogP contribution in [0.4, 0.5) is 0 Å². The molecule has 0 aromatic rings. The van der Waals surface area contributed by atoms with Crippen LogP contribution in [0.2, 0.25) is 0 Å². The topological polar surface area (TPSA) is 54.5 Å². The fraction of sp³-hybridized carbons (Fsp3) is 0.375.